The van der Waals surface area contributed by atoms with E-state index in [-0.39, 0.29) is 0 Å². The second kappa shape index (κ2) is 14.6. The Morgan fingerprint density at radius 1 is 0.614 bits per heavy atom. The van der Waals surface area contributed by atoms with E-state index in [4.69, 9.17) is 0 Å². The van der Waals surface area contributed by atoms with Gasteiger partial charge in [0.1, 0.15) is 0 Å². The number of rotatable bonds is 7. The molecule has 4 aliphatic rings. The third kappa shape index (κ3) is 6.36. The van der Waals surface area contributed by atoms with E-state index in [9.17, 15) is 0 Å². The monoisotopic (exact) mass is 767 g/mol. The van der Waals surface area contributed by atoms with Gasteiger partial charge in [0.05, 0.1) is 0 Å². The molecule has 0 radical (unpaired) electrons. The number of anilines is 1. The zero-order valence-corrected chi connectivity index (χ0v) is 33.2. The molecule has 3 aliphatic carbocycles. The van der Waals surface area contributed by atoms with E-state index in [1.54, 1.807) is 0 Å². The van der Waals surface area contributed by atoms with Crippen LogP contribution in [0.2, 0.25) is 0 Å². The molecule has 0 saturated heterocycles. The van der Waals surface area contributed by atoms with Gasteiger partial charge >= 0.3 is 0 Å². The second-order valence-corrected chi connectivity index (χ2v) is 17.7. The van der Waals surface area contributed by atoms with Gasteiger partial charge in [-0.05, 0) is 100 Å². The van der Waals surface area contributed by atoms with Crippen LogP contribution in [0.1, 0.15) is 47.8 Å². The first-order valence-corrected chi connectivity index (χ1v) is 21.8. The van der Waals surface area contributed by atoms with Crippen LogP contribution in [0.25, 0.3) is 48.0 Å². The van der Waals surface area contributed by atoms with Crippen LogP contribution in [0.15, 0.2) is 211 Å². The van der Waals surface area contributed by atoms with Crippen LogP contribution in [0.4, 0.5) is 5.69 Å². The molecule has 11 rings (SSSR count). The highest BCUT2D eigenvalue weighted by Crippen LogP contribution is 2.51. The molecule has 6 aromatic carbocycles. The highest BCUT2D eigenvalue weighted by molar-refractivity contribution is 8.00. The van der Waals surface area contributed by atoms with Gasteiger partial charge in [-0.1, -0.05) is 158 Å². The van der Waals surface area contributed by atoms with Crippen LogP contribution in [0.3, 0.4) is 0 Å². The van der Waals surface area contributed by atoms with E-state index in [0.29, 0.717) is 17.1 Å². The number of fused-ring (bicyclic) bond motifs is 6. The summed E-state index contributed by atoms with van der Waals surface area (Å²) in [5.74, 6) is 0.588. The van der Waals surface area contributed by atoms with E-state index in [0.717, 1.165) is 19.3 Å². The fourth-order valence-corrected chi connectivity index (χ4v) is 11.7. The maximum atomic E-state index is 2.54. The molecule has 274 valence electrons. The standard InChI is InChI=1S/C54H41NS2/c1-3-12-36(13-4-1)38-24-26-39(27-25-38)41-17-10-19-44(33-41)55(43-18-9-16-40(32-43)37-14-5-2-6-15-37)45-29-31-52-50(35-45)48-30-28-42(34-53(48)56-52)46-21-11-22-49-47-20-7-8-23-51(47)57-54(46)49/h1-5,7-14,16,18-35,41,50,52H,6,15,17H2. The summed E-state index contributed by atoms with van der Waals surface area (Å²) in [5, 5.41) is 3.07. The van der Waals surface area contributed by atoms with Gasteiger partial charge in [0, 0.05) is 59.2 Å². The molecule has 7 aromatic rings. The Morgan fingerprint density at radius 3 is 2.30 bits per heavy atom. The molecule has 1 nitrogen and oxygen atoms in total. The van der Waals surface area contributed by atoms with Gasteiger partial charge < -0.3 is 4.90 Å². The first kappa shape index (κ1) is 34.4. The normalized spacial score (nSPS) is 19.6. The van der Waals surface area contributed by atoms with Crippen molar-refractivity contribution in [2.24, 2.45) is 0 Å². The second-order valence-electron chi connectivity index (χ2n) is 15.5. The Balaban J connectivity index is 0.964. The van der Waals surface area contributed by atoms with Gasteiger partial charge in [0.25, 0.3) is 0 Å². The average molecular weight is 768 g/mol. The largest absolute Gasteiger partial charge is 0.311 e. The highest BCUT2D eigenvalue weighted by atomic mass is 32.2. The molecule has 3 heteroatoms. The van der Waals surface area contributed by atoms with Gasteiger partial charge in [-0.15, -0.1) is 23.1 Å². The molecular formula is C54H41NS2. The summed E-state index contributed by atoms with van der Waals surface area (Å²) in [6.07, 6.45) is 24.5. The number of allylic oxidation sites excluding steroid dienone is 9. The van der Waals surface area contributed by atoms with Crippen LogP contribution in [-0.2, 0) is 0 Å². The van der Waals surface area contributed by atoms with Crippen molar-refractivity contribution in [1.82, 2.24) is 0 Å². The molecule has 0 amide bonds. The third-order valence-corrected chi connectivity index (χ3v) is 14.6. The van der Waals surface area contributed by atoms with E-state index >= 15 is 0 Å². The van der Waals surface area contributed by atoms with Crippen molar-refractivity contribution in [2.45, 2.75) is 41.2 Å². The molecule has 3 unspecified atom stereocenters. The predicted molar refractivity (Wildman–Crippen MR) is 246 cm³/mol. The Kier molecular flexibility index (Phi) is 8.79. The summed E-state index contributed by atoms with van der Waals surface area (Å²) in [6.45, 7) is 0. The van der Waals surface area contributed by atoms with Crippen LogP contribution >= 0.6 is 23.1 Å². The molecule has 1 aliphatic heterocycles. The fraction of sp³-hybridized carbons (Fsp3) is 0.111. The van der Waals surface area contributed by atoms with Gasteiger partial charge in [0.2, 0.25) is 0 Å². The van der Waals surface area contributed by atoms with Crippen molar-refractivity contribution in [3.05, 3.63) is 222 Å². The minimum absolute atomic E-state index is 0.291. The van der Waals surface area contributed by atoms with Crippen molar-refractivity contribution >= 4 is 54.5 Å². The first-order chi connectivity index (χ1) is 28.2. The van der Waals surface area contributed by atoms with Gasteiger partial charge in [0.15, 0.2) is 0 Å². The quantitative estimate of drug-likeness (QED) is 0.159. The molecule has 0 N–H and O–H groups in total. The SMILES string of the molecule is C1=CCCC(c2cccc(N(C3=CC(c4ccc(-c5ccccc5)cc4)CC=C3)C3=CC4c5ccc(-c6cccc7c6sc6ccccc67)cc5SC4C=C3)c2)=C1. The van der Waals surface area contributed by atoms with E-state index in [1.807, 2.05) is 23.1 Å². The molecule has 0 bridgehead atoms. The molecule has 0 spiro atoms. The van der Waals surface area contributed by atoms with Crippen LogP contribution < -0.4 is 4.90 Å². The summed E-state index contributed by atoms with van der Waals surface area (Å²) < 4.78 is 2.72. The van der Waals surface area contributed by atoms with Gasteiger partial charge in [-0.25, -0.2) is 0 Å². The smallest absolute Gasteiger partial charge is 0.0467 e. The Hall–Kier alpha value is -5.87. The maximum absolute atomic E-state index is 2.54. The van der Waals surface area contributed by atoms with Crippen LogP contribution in [-0.4, -0.2) is 5.25 Å². The molecular weight excluding hydrogens is 727 g/mol. The Bertz CT molecular complexity index is 2860. The van der Waals surface area contributed by atoms with Gasteiger partial charge in [-0.3, -0.25) is 0 Å². The van der Waals surface area contributed by atoms with Crippen molar-refractivity contribution in [1.29, 1.82) is 0 Å². The lowest BCUT2D eigenvalue weighted by Gasteiger charge is -2.33. The number of hydrogen-bond donors (Lipinski definition) is 0. The predicted octanol–water partition coefficient (Wildman–Crippen LogP) is 15.3. The first-order valence-electron chi connectivity index (χ1n) is 20.1. The number of nitrogens with zero attached hydrogens (tertiary/aromatic N) is 1. The van der Waals surface area contributed by atoms with Crippen molar-refractivity contribution < 1.29 is 0 Å². The minimum Gasteiger partial charge on any atom is -0.311 e. The van der Waals surface area contributed by atoms with E-state index in [2.05, 4.69) is 199 Å². The Labute approximate surface area is 343 Å². The summed E-state index contributed by atoms with van der Waals surface area (Å²) in [6, 6.07) is 51.9. The zero-order valence-electron chi connectivity index (χ0n) is 31.6. The van der Waals surface area contributed by atoms with Gasteiger partial charge in [-0.2, -0.15) is 0 Å². The average Bonchev–Trinajstić information content (AvgIpc) is 3.85. The lowest BCUT2D eigenvalue weighted by Crippen LogP contribution is -2.25. The van der Waals surface area contributed by atoms with Crippen LogP contribution in [0.5, 0.6) is 0 Å². The van der Waals surface area contributed by atoms with E-state index < -0.39 is 0 Å². The number of thioether (sulfide) groups is 1. The molecule has 1 aromatic heterocycles. The molecule has 2 heterocycles. The summed E-state index contributed by atoms with van der Waals surface area (Å²) >= 11 is 3.92. The van der Waals surface area contributed by atoms with Crippen molar-refractivity contribution in [2.75, 3.05) is 4.90 Å². The zero-order chi connectivity index (χ0) is 37.7. The topological polar surface area (TPSA) is 3.24 Å². The lowest BCUT2D eigenvalue weighted by atomic mass is 9.88. The van der Waals surface area contributed by atoms with Crippen LogP contribution in [0, 0.1) is 0 Å². The number of hydrogen-bond acceptors (Lipinski definition) is 3. The number of thiophene rings is 1. The summed E-state index contributed by atoms with van der Waals surface area (Å²) in [7, 11) is 0. The highest BCUT2D eigenvalue weighted by Gasteiger charge is 2.34. The van der Waals surface area contributed by atoms with E-state index in [1.165, 1.54) is 86.7 Å². The Morgan fingerprint density at radius 2 is 1.40 bits per heavy atom. The molecule has 0 fully saturated rings. The molecule has 3 atom stereocenters. The summed E-state index contributed by atoms with van der Waals surface area (Å²) in [5.41, 5.74) is 14.3. The minimum atomic E-state index is 0.291. The third-order valence-electron chi connectivity index (χ3n) is 12.0. The van der Waals surface area contributed by atoms with Crippen molar-refractivity contribution in [3.8, 4) is 22.3 Å². The number of benzene rings is 6. The molecule has 0 saturated carbocycles. The maximum Gasteiger partial charge on any atom is 0.0467 e. The lowest BCUT2D eigenvalue weighted by molar-refractivity contribution is 0.827. The van der Waals surface area contributed by atoms with Crippen molar-refractivity contribution in [3.63, 3.8) is 0 Å². The molecule has 57 heavy (non-hydrogen) atoms. The summed E-state index contributed by atoms with van der Waals surface area (Å²) in [4.78, 5) is 3.90. The fourth-order valence-electron chi connectivity index (χ4n) is 9.11.